The van der Waals surface area contributed by atoms with E-state index in [4.69, 9.17) is 0 Å². The van der Waals surface area contributed by atoms with Gasteiger partial charge in [-0.15, -0.1) is 6.58 Å². The topological polar surface area (TPSA) is 66.5 Å². The molecule has 22 heavy (non-hydrogen) atoms. The van der Waals surface area contributed by atoms with Crippen LogP contribution in [0.2, 0.25) is 0 Å². The molecule has 1 heterocycles. The van der Waals surface area contributed by atoms with Crippen molar-refractivity contribution in [2.75, 3.05) is 19.6 Å². The van der Waals surface area contributed by atoms with E-state index in [0.29, 0.717) is 31.1 Å². The minimum Gasteiger partial charge on any atom is -0.349 e. The fraction of sp³-hybridized carbons (Fsp3) is 0.438. The summed E-state index contributed by atoms with van der Waals surface area (Å²) >= 11 is 0. The number of piperidine rings is 1. The molecule has 1 saturated heterocycles. The first kappa shape index (κ1) is 16.7. The molecule has 5 nitrogen and oxygen atoms in total. The Morgan fingerprint density at radius 2 is 2.09 bits per heavy atom. The van der Waals surface area contributed by atoms with E-state index >= 15 is 0 Å². The number of amides is 1. The first-order valence-corrected chi connectivity index (χ1v) is 8.88. The Balaban J connectivity index is 2.21. The molecule has 0 aromatic heterocycles. The minimum absolute atomic E-state index is 0.174. The predicted octanol–water partition coefficient (Wildman–Crippen LogP) is 2.02. The van der Waals surface area contributed by atoms with Crippen LogP contribution in [0.15, 0.2) is 41.8 Å². The maximum atomic E-state index is 12.7. The molecule has 6 heteroatoms. The van der Waals surface area contributed by atoms with Crippen LogP contribution in [0.4, 0.5) is 0 Å². The van der Waals surface area contributed by atoms with Crippen molar-refractivity contribution in [2.24, 2.45) is 5.92 Å². The lowest BCUT2D eigenvalue weighted by Crippen LogP contribution is -2.38. The Hall–Kier alpha value is -1.66. The van der Waals surface area contributed by atoms with Gasteiger partial charge in [-0.3, -0.25) is 4.79 Å². The van der Waals surface area contributed by atoms with Crippen LogP contribution in [-0.4, -0.2) is 38.3 Å². The lowest BCUT2D eigenvalue weighted by molar-refractivity contribution is 0.0958. The van der Waals surface area contributed by atoms with E-state index in [0.717, 1.165) is 12.8 Å². The molecule has 1 aliphatic heterocycles. The van der Waals surface area contributed by atoms with Gasteiger partial charge in [-0.1, -0.05) is 19.1 Å². The quantitative estimate of drug-likeness (QED) is 0.844. The summed E-state index contributed by atoms with van der Waals surface area (Å²) in [4.78, 5) is 12.1. The van der Waals surface area contributed by atoms with Gasteiger partial charge in [0.05, 0.1) is 4.90 Å². The lowest BCUT2D eigenvalue weighted by atomic mass is 10.0. The molecule has 0 bridgehead atoms. The number of nitrogens with one attached hydrogen (secondary N) is 1. The highest BCUT2D eigenvalue weighted by atomic mass is 32.2. The summed E-state index contributed by atoms with van der Waals surface area (Å²) in [5.41, 5.74) is 0.341. The summed E-state index contributed by atoms with van der Waals surface area (Å²) in [7, 11) is -3.53. The summed E-state index contributed by atoms with van der Waals surface area (Å²) in [5, 5.41) is 2.65. The SMILES string of the molecule is C=CCNC(=O)c1cccc(S(=O)(=O)N2CCC(C)CC2)c1. The van der Waals surface area contributed by atoms with Gasteiger partial charge < -0.3 is 5.32 Å². The Labute approximate surface area is 132 Å². The van der Waals surface area contributed by atoms with Gasteiger partial charge in [-0.05, 0) is 37.0 Å². The number of hydrogen-bond acceptors (Lipinski definition) is 3. The Bertz CT molecular complexity index is 647. The first-order valence-electron chi connectivity index (χ1n) is 7.44. The largest absolute Gasteiger partial charge is 0.349 e. The summed E-state index contributed by atoms with van der Waals surface area (Å²) in [6.07, 6.45) is 3.32. The van der Waals surface area contributed by atoms with Gasteiger partial charge in [-0.2, -0.15) is 4.31 Å². The molecule has 1 fully saturated rings. The molecule has 1 aromatic carbocycles. The third kappa shape index (κ3) is 3.75. The molecule has 2 rings (SSSR count). The molecule has 1 aromatic rings. The van der Waals surface area contributed by atoms with Gasteiger partial charge in [0.2, 0.25) is 10.0 Å². The molecule has 0 aliphatic carbocycles. The van der Waals surface area contributed by atoms with Crippen molar-refractivity contribution in [3.05, 3.63) is 42.5 Å². The zero-order chi connectivity index (χ0) is 16.2. The standard InChI is InChI=1S/C16H22N2O3S/c1-3-9-17-16(19)14-5-4-6-15(12-14)22(20,21)18-10-7-13(2)8-11-18/h3-6,12-13H,1,7-11H2,2H3,(H,17,19). The summed E-state index contributed by atoms with van der Waals surface area (Å²) in [6.45, 7) is 7.09. The smallest absolute Gasteiger partial charge is 0.251 e. The third-order valence-corrected chi connectivity index (χ3v) is 5.78. The zero-order valence-corrected chi connectivity index (χ0v) is 13.6. The van der Waals surface area contributed by atoms with Crippen LogP contribution >= 0.6 is 0 Å². The van der Waals surface area contributed by atoms with Crippen LogP contribution in [0.25, 0.3) is 0 Å². The van der Waals surface area contributed by atoms with E-state index in [9.17, 15) is 13.2 Å². The third-order valence-electron chi connectivity index (χ3n) is 3.88. The van der Waals surface area contributed by atoms with Crippen LogP contribution in [0, 0.1) is 5.92 Å². The number of hydrogen-bond donors (Lipinski definition) is 1. The van der Waals surface area contributed by atoms with Gasteiger partial charge in [0.15, 0.2) is 0 Å². The molecule has 0 unspecified atom stereocenters. The van der Waals surface area contributed by atoms with Gasteiger partial charge >= 0.3 is 0 Å². The molecular formula is C16H22N2O3S. The monoisotopic (exact) mass is 322 g/mol. The second-order valence-electron chi connectivity index (χ2n) is 5.61. The molecule has 0 atom stereocenters. The van der Waals surface area contributed by atoms with Crippen LogP contribution in [0.1, 0.15) is 30.1 Å². The average Bonchev–Trinajstić information content (AvgIpc) is 2.53. The molecule has 1 aliphatic rings. The Morgan fingerprint density at radius 3 is 2.73 bits per heavy atom. The fourth-order valence-corrected chi connectivity index (χ4v) is 3.96. The first-order chi connectivity index (χ1) is 10.4. The maximum absolute atomic E-state index is 12.7. The summed E-state index contributed by atoms with van der Waals surface area (Å²) < 4.78 is 26.8. The molecule has 0 saturated carbocycles. The molecule has 1 N–H and O–H groups in total. The number of sulfonamides is 1. The van der Waals surface area contributed by atoms with E-state index < -0.39 is 10.0 Å². The van der Waals surface area contributed by atoms with Crippen molar-refractivity contribution in [1.29, 1.82) is 0 Å². The van der Waals surface area contributed by atoms with E-state index in [1.54, 1.807) is 18.2 Å². The average molecular weight is 322 g/mol. The fourth-order valence-electron chi connectivity index (χ4n) is 2.44. The van der Waals surface area contributed by atoms with Crippen molar-refractivity contribution in [3.8, 4) is 0 Å². The molecule has 0 spiro atoms. The summed E-state index contributed by atoms with van der Waals surface area (Å²) in [5.74, 6) is 0.256. The zero-order valence-electron chi connectivity index (χ0n) is 12.8. The molecule has 120 valence electrons. The predicted molar refractivity (Wildman–Crippen MR) is 86.1 cm³/mol. The number of rotatable bonds is 5. The highest BCUT2D eigenvalue weighted by molar-refractivity contribution is 7.89. The van der Waals surface area contributed by atoms with Crippen molar-refractivity contribution in [1.82, 2.24) is 9.62 Å². The number of benzene rings is 1. The van der Waals surface area contributed by atoms with Crippen molar-refractivity contribution in [3.63, 3.8) is 0 Å². The van der Waals surface area contributed by atoms with Gasteiger partial charge in [-0.25, -0.2) is 8.42 Å². The lowest BCUT2D eigenvalue weighted by Gasteiger charge is -2.29. The second kappa shape index (κ2) is 7.07. The number of carbonyl (C=O) groups excluding carboxylic acids is 1. The highest BCUT2D eigenvalue weighted by Gasteiger charge is 2.28. The van der Waals surface area contributed by atoms with Gasteiger partial charge in [0.25, 0.3) is 5.91 Å². The van der Waals surface area contributed by atoms with Crippen LogP contribution in [0.5, 0.6) is 0 Å². The van der Waals surface area contributed by atoms with Crippen molar-refractivity contribution in [2.45, 2.75) is 24.7 Å². The Kier molecular flexibility index (Phi) is 5.37. The van der Waals surface area contributed by atoms with Gasteiger partial charge in [0, 0.05) is 25.2 Å². The molecule has 0 radical (unpaired) electrons. The normalized spacial score (nSPS) is 17.1. The minimum atomic E-state index is -3.53. The molecular weight excluding hydrogens is 300 g/mol. The van der Waals surface area contributed by atoms with Gasteiger partial charge in [0.1, 0.15) is 0 Å². The van der Waals surface area contributed by atoms with Crippen LogP contribution in [0.3, 0.4) is 0 Å². The number of carbonyl (C=O) groups is 1. The van der Waals surface area contributed by atoms with E-state index in [-0.39, 0.29) is 10.8 Å². The van der Waals surface area contributed by atoms with E-state index in [1.165, 1.54) is 16.4 Å². The van der Waals surface area contributed by atoms with Crippen molar-refractivity contribution >= 4 is 15.9 Å². The number of nitrogens with zero attached hydrogens (tertiary/aromatic N) is 1. The summed E-state index contributed by atoms with van der Waals surface area (Å²) in [6, 6.07) is 6.18. The Morgan fingerprint density at radius 1 is 1.41 bits per heavy atom. The van der Waals surface area contributed by atoms with Crippen molar-refractivity contribution < 1.29 is 13.2 Å². The highest BCUT2D eigenvalue weighted by Crippen LogP contribution is 2.23. The maximum Gasteiger partial charge on any atom is 0.251 e. The second-order valence-corrected chi connectivity index (χ2v) is 7.55. The van der Waals surface area contributed by atoms with E-state index in [1.807, 2.05) is 0 Å². The van der Waals surface area contributed by atoms with E-state index in [2.05, 4.69) is 18.8 Å². The van der Waals surface area contributed by atoms with Crippen LogP contribution < -0.4 is 5.32 Å². The molecule has 1 amide bonds. The van der Waals surface area contributed by atoms with Crippen LogP contribution in [-0.2, 0) is 10.0 Å².